The summed E-state index contributed by atoms with van der Waals surface area (Å²) in [5.74, 6) is 0. The highest BCUT2D eigenvalue weighted by molar-refractivity contribution is 5.65. The molecule has 0 spiro atoms. The van der Waals surface area contributed by atoms with Gasteiger partial charge in [0.1, 0.15) is 0 Å². The summed E-state index contributed by atoms with van der Waals surface area (Å²) in [5.41, 5.74) is 2.83. The van der Waals surface area contributed by atoms with E-state index in [1.807, 2.05) is 6.08 Å². The Hall–Kier alpha value is -1.30. The maximum Gasteiger partial charge on any atom is -0.0166 e. The molecule has 0 unspecified atom stereocenters. The molecule has 0 aliphatic rings. The van der Waals surface area contributed by atoms with Gasteiger partial charge in [-0.2, -0.15) is 0 Å². The molecule has 0 N–H and O–H groups in total. The highest BCUT2D eigenvalue weighted by Crippen LogP contribution is 2.21. The van der Waals surface area contributed by atoms with Crippen molar-refractivity contribution in [2.75, 3.05) is 0 Å². The predicted molar refractivity (Wildman–Crippen MR) is 73.4 cm³/mol. The molecule has 0 atom stereocenters. The molecular weight excluding hydrogens is 192 g/mol. The zero-order valence-electron chi connectivity index (χ0n) is 10.3. The first-order chi connectivity index (χ1) is 7.88. The van der Waals surface area contributed by atoms with E-state index in [4.69, 9.17) is 0 Å². The Bertz CT molecular complexity index is 319. The normalized spacial score (nSPS) is 11.4. The van der Waals surface area contributed by atoms with Crippen molar-refractivity contribution in [2.24, 2.45) is 0 Å². The molecule has 0 heteroatoms. The van der Waals surface area contributed by atoms with E-state index in [9.17, 15) is 0 Å². The summed E-state index contributed by atoms with van der Waals surface area (Å²) >= 11 is 0. The first-order valence-electron chi connectivity index (χ1n) is 6.23. The van der Waals surface area contributed by atoms with Crippen molar-refractivity contribution < 1.29 is 0 Å². The van der Waals surface area contributed by atoms with Gasteiger partial charge in [0.05, 0.1) is 0 Å². The largest absolute Gasteiger partial charge is 0.103 e. The quantitative estimate of drug-likeness (QED) is 0.431. The first-order valence-corrected chi connectivity index (χ1v) is 6.23. The van der Waals surface area contributed by atoms with Crippen LogP contribution in [-0.2, 0) is 0 Å². The highest BCUT2D eigenvalue weighted by Gasteiger charge is 1.99. The monoisotopic (exact) mass is 214 g/mol. The SMILES string of the molecule is C=CC/C=C(/CCCCC)c1ccccc1. The smallest absolute Gasteiger partial charge is 0.0166 e. The Kier molecular flexibility index (Phi) is 6.32. The van der Waals surface area contributed by atoms with Gasteiger partial charge in [-0.3, -0.25) is 0 Å². The van der Waals surface area contributed by atoms with E-state index in [0.717, 1.165) is 6.42 Å². The number of unbranched alkanes of at least 4 members (excludes halogenated alkanes) is 2. The third-order valence-corrected chi connectivity index (χ3v) is 2.73. The second kappa shape index (κ2) is 7.92. The van der Waals surface area contributed by atoms with Gasteiger partial charge in [0.2, 0.25) is 0 Å². The summed E-state index contributed by atoms with van der Waals surface area (Å²) in [5, 5.41) is 0. The minimum atomic E-state index is 0.969. The van der Waals surface area contributed by atoms with Gasteiger partial charge in [-0.05, 0) is 30.4 Å². The van der Waals surface area contributed by atoms with E-state index in [0.29, 0.717) is 0 Å². The molecule has 0 amide bonds. The molecule has 1 rings (SSSR count). The molecule has 0 fully saturated rings. The predicted octanol–water partition coefficient (Wildman–Crippen LogP) is 5.23. The van der Waals surface area contributed by atoms with Crippen LogP contribution in [0.15, 0.2) is 49.1 Å². The maximum atomic E-state index is 3.78. The minimum absolute atomic E-state index is 0.969. The lowest BCUT2D eigenvalue weighted by molar-refractivity contribution is 0.735. The standard InChI is InChI=1S/C16H22/c1-3-5-8-12-15(11-6-4-2)16-13-9-7-10-14-16/h4,7,9-11,13-14H,2-3,5-6,8,12H2,1H3/b15-11-. The molecule has 86 valence electrons. The summed E-state index contributed by atoms with van der Waals surface area (Å²) in [7, 11) is 0. The van der Waals surface area contributed by atoms with E-state index in [1.54, 1.807) is 0 Å². The Balaban J connectivity index is 2.67. The van der Waals surface area contributed by atoms with Gasteiger partial charge >= 0.3 is 0 Å². The minimum Gasteiger partial charge on any atom is -0.103 e. The van der Waals surface area contributed by atoms with Crippen LogP contribution in [0.2, 0.25) is 0 Å². The molecule has 0 radical (unpaired) electrons. The fourth-order valence-electron chi connectivity index (χ4n) is 1.81. The molecule has 0 saturated carbocycles. The summed E-state index contributed by atoms with van der Waals surface area (Å²) in [4.78, 5) is 0. The van der Waals surface area contributed by atoms with E-state index >= 15 is 0 Å². The summed E-state index contributed by atoms with van der Waals surface area (Å²) < 4.78 is 0. The van der Waals surface area contributed by atoms with E-state index in [1.165, 1.54) is 36.8 Å². The Morgan fingerprint density at radius 3 is 2.56 bits per heavy atom. The van der Waals surface area contributed by atoms with Crippen LogP contribution in [0.25, 0.3) is 5.57 Å². The molecule has 0 nitrogen and oxygen atoms in total. The van der Waals surface area contributed by atoms with Crippen LogP contribution in [-0.4, -0.2) is 0 Å². The molecule has 0 aliphatic carbocycles. The van der Waals surface area contributed by atoms with Crippen molar-refractivity contribution >= 4 is 5.57 Å². The maximum absolute atomic E-state index is 3.78. The van der Waals surface area contributed by atoms with Gasteiger partial charge in [-0.15, -0.1) is 6.58 Å². The average Bonchev–Trinajstić information content (AvgIpc) is 2.35. The molecule has 0 aromatic heterocycles. The average molecular weight is 214 g/mol. The fourth-order valence-corrected chi connectivity index (χ4v) is 1.81. The van der Waals surface area contributed by atoms with Crippen LogP contribution in [0, 0.1) is 0 Å². The lowest BCUT2D eigenvalue weighted by Gasteiger charge is -2.07. The van der Waals surface area contributed by atoms with Crippen LogP contribution in [0.5, 0.6) is 0 Å². The first kappa shape index (κ1) is 12.8. The molecule has 16 heavy (non-hydrogen) atoms. The zero-order valence-corrected chi connectivity index (χ0v) is 10.3. The Morgan fingerprint density at radius 1 is 1.19 bits per heavy atom. The van der Waals surface area contributed by atoms with E-state index < -0.39 is 0 Å². The van der Waals surface area contributed by atoms with Crippen molar-refractivity contribution in [3.05, 3.63) is 54.6 Å². The van der Waals surface area contributed by atoms with Crippen LogP contribution < -0.4 is 0 Å². The Morgan fingerprint density at radius 2 is 1.94 bits per heavy atom. The van der Waals surface area contributed by atoms with Crippen LogP contribution in [0.1, 0.15) is 44.6 Å². The third kappa shape index (κ3) is 4.48. The van der Waals surface area contributed by atoms with E-state index in [-0.39, 0.29) is 0 Å². The van der Waals surface area contributed by atoms with Gasteiger partial charge in [0.15, 0.2) is 0 Å². The summed E-state index contributed by atoms with van der Waals surface area (Å²) in [6.45, 7) is 6.02. The van der Waals surface area contributed by atoms with Gasteiger partial charge in [-0.25, -0.2) is 0 Å². The van der Waals surface area contributed by atoms with Crippen molar-refractivity contribution in [1.29, 1.82) is 0 Å². The topological polar surface area (TPSA) is 0 Å². The van der Waals surface area contributed by atoms with Crippen LogP contribution in [0.4, 0.5) is 0 Å². The lowest BCUT2D eigenvalue weighted by Crippen LogP contribution is -1.85. The molecular formula is C16H22. The van der Waals surface area contributed by atoms with Crippen molar-refractivity contribution in [1.82, 2.24) is 0 Å². The number of allylic oxidation sites excluding steroid dienone is 3. The van der Waals surface area contributed by atoms with Crippen molar-refractivity contribution in [2.45, 2.75) is 39.0 Å². The summed E-state index contributed by atoms with van der Waals surface area (Å²) in [6, 6.07) is 10.7. The number of benzene rings is 1. The fraction of sp³-hybridized carbons (Fsp3) is 0.375. The number of hydrogen-bond acceptors (Lipinski definition) is 0. The van der Waals surface area contributed by atoms with Gasteiger partial charge in [0.25, 0.3) is 0 Å². The number of rotatable bonds is 7. The van der Waals surface area contributed by atoms with Crippen LogP contribution >= 0.6 is 0 Å². The van der Waals surface area contributed by atoms with Crippen LogP contribution in [0.3, 0.4) is 0 Å². The zero-order chi connectivity index (χ0) is 11.6. The second-order valence-electron chi connectivity index (χ2n) is 4.08. The molecule has 1 aromatic carbocycles. The molecule has 0 aliphatic heterocycles. The van der Waals surface area contributed by atoms with Crippen molar-refractivity contribution in [3.63, 3.8) is 0 Å². The van der Waals surface area contributed by atoms with Gasteiger partial charge in [0, 0.05) is 0 Å². The summed E-state index contributed by atoms with van der Waals surface area (Å²) in [6.07, 6.45) is 10.3. The Labute approximate surface area is 99.7 Å². The number of hydrogen-bond donors (Lipinski definition) is 0. The lowest BCUT2D eigenvalue weighted by atomic mass is 9.98. The van der Waals surface area contributed by atoms with Gasteiger partial charge < -0.3 is 0 Å². The molecule has 1 aromatic rings. The van der Waals surface area contributed by atoms with Crippen molar-refractivity contribution in [3.8, 4) is 0 Å². The molecule has 0 saturated heterocycles. The van der Waals surface area contributed by atoms with Gasteiger partial charge in [-0.1, -0.05) is 62.2 Å². The second-order valence-corrected chi connectivity index (χ2v) is 4.08. The molecule has 0 bridgehead atoms. The molecule has 0 heterocycles. The highest BCUT2D eigenvalue weighted by atomic mass is 14.0. The van der Waals surface area contributed by atoms with E-state index in [2.05, 4.69) is 49.9 Å². The third-order valence-electron chi connectivity index (χ3n) is 2.73.